The SMILES string of the molecule is CNC1(CCNC(C)C2CCOC2)CCCCC1. The number of hydrogen-bond acceptors (Lipinski definition) is 3. The molecule has 0 bridgehead atoms. The minimum atomic E-state index is 0.414. The lowest BCUT2D eigenvalue weighted by Gasteiger charge is -2.38. The summed E-state index contributed by atoms with van der Waals surface area (Å²) < 4.78 is 5.46. The van der Waals surface area contributed by atoms with Crippen molar-refractivity contribution in [3.8, 4) is 0 Å². The summed E-state index contributed by atoms with van der Waals surface area (Å²) in [6.45, 7) is 5.35. The van der Waals surface area contributed by atoms with Crippen molar-refractivity contribution in [2.24, 2.45) is 5.92 Å². The molecule has 2 N–H and O–H groups in total. The topological polar surface area (TPSA) is 33.3 Å². The molecular formula is C15H30N2O. The van der Waals surface area contributed by atoms with E-state index in [9.17, 15) is 0 Å². The van der Waals surface area contributed by atoms with Crippen LogP contribution in [0.1, 0.15) is 51.9 Å². The van der Waals surface area contributed by atoms with Gasteiger partial charge in [-0.25, -0.2) is 0 Å². The molecule has 1 saturated heterocycles. The maximum atomic E-state index is 5.46. The first-order chi connectivity index (χ1) is 8.76. The second kappa shape index (κ2) is 6.88. The predicted molar refractivity (Wildman–Crippen MR) is 75.9 cm³/mol. The zero-order valence-electron chi connectivity index (χ0n) is 12.1. The van der Waals surface area contributed by atoms with Crippen molar-refractivity contribution in [1.82, 2.24) is 10.6 Å². The van der Waals surface area contributed by atoms with Crippen LogP contribution in [0.25, 0.3) is 0 Å². The standard InChI is InChI=1S/C15H30N2O/c1-13(14-6-11-18-12-14)17-10-9-15(16-2)7-4-3-5-8-15/h13-14,16-17H,3-12H2,1-2H3. The Morgan fingerprint density at radius 3 is 2.67 bits per heavy atom. The van der Waals surface area contributed by atoms with Gasteiger partial charge in [-0.2, -0.15) is 0 Å². The van der Waals surface area contributed by atoms with E-state index in [0.29, 0.717) is 11.6 Å². The number of hydrogen-bond donors (Lipinski definition) is 2. The molecule has 0 aromatic rings. The molecule has 3 nitrogen and oxygen atoms in total. The highest BCUT2D eigenvalue weighted by Gasteiger charge is 2.30. The van der Waals surface area contributed by atoms with Crippen LogP contribution in [0.3, 0.4) is 0 Å². The lowest BCUT2D eigenvalue weighted by atomic mass is 9.79. The maximum Gasteiger partial charge on any atom is 0.0509 e. The van der Waals surface area contributed by atoms with E-state index in [0.717, 1.165) is 25.7 Å². The van der Waals surface area contributed by atoms with Crippen LogP contribution < -0.4 is 10.6 Å². The van der Waals surface area contributed by atoms with E-state index >= 15 is 0 Å². The fourth-order valence-electron chi connectivity index (χ4n) is 3.51. The first-order valence-corrected chi connectivity index (χ1v) is 7.76. The smallest absolute Gasteiger partial charge is 0.0509 e. The largest absolute Gasteiger partial charge is 0.381 e. The van der Waals surface area contributed by atoms with Crippen LogP contribution in [0, 0.1) is 5.92 Å². The molecule has 1 aliphatic carbocycles. The minimum absolute atomic E-state index is 0.414. The monoisotopic (exact) mass is 254 g/mol. The highest BCUT2D eigenvalue weighted by atomic mass is 16.5. The average molecular weight is 254 g/mol. The molecule has 2 rings (SSSR count). The molecule has 0 aromatic heterocycles. The van der Waals surface area contributed by atoms with Crippen LogP contribution in [0.2, 0.25) is 0 Å². The Kier molecular flexibility index (Phi) is 5.46. The molecule has 3 heteroatoms. The quantitative estimate of drug-likeness (QED) is 0.763. The molecule has 1 saturated carbocycles. The van der Waals surface area contributed by atoms with Gasteiger partial charge in [-0.3, -0.25) is 0 Å². The Morgan fingerprint density at radius 2 is 2.06 bits per heavy atom. The molecule has 2 fully saturated rings. The van der Waals surface area contributed by atoms with E-state index in [2.05, 4.69) is 24.6 Å². The van der Waals surface area contributed by atoms with Crippen LogP contribution in [-0.4, -0.2) is 38.4 Å². The Balaban J connectivity index is 1.69. The molecule has 18 heavy (non-hydrogen) atoms. The molecule has 1 heterocycles. The molecule has 2 atom stereocenters. The second-order valence-corrected chi connectivity index (χ2v) is 6.21. The third-order valence-electron chi connectivity index (χ3n) is 5.08. The number of nitrogens with one attached hydrogen (secondary N) is 2. The average Bonchev–Trinajstić information content (AvgIpc) is 2.94. The molecule has 2 aliphatic rings. The summed E-state index contributed by atoms with van der Waals surface area (Å²) >= 11 is 0. The summed E-state index contributed by atoms with van der Waals surface area (Å²) in [6, 6.07) is 0.602. The molecule has 0 amide bonds. The summed E-state index contributed by atoms with van der Waals surface area (Å²) in [4.78, 5) is 0. The van der Waals surface area contributed by atoms with Crippen molar-refractivity contribution in [1.29, 1.82) is 0 Å². The Bertz CT molecular complexity index is 233. The van der Waals surface area contributed by atoms with Crippen LogP contribution in [-0.2, 0) is 4.74 Å². The van der Waals surface area contributed by atoms with Crippen molar-refractivity contribution in [2.75, 3.05) is 26.8 Å². The first-order valence-electron chi connectivity index (χ1n) is 7.76. The van der Waals surface area contributed by atoms with E-state index in [-0.39, 0.29) is 0 Å². The van der Waals surface area contributed by atoms with Crippen molar-refractivity contribution < 1.29 is 4.74 Å². The molecule has 2 unspecified atom stereocenters. The fourth-order valence-corrected chi connectivity index (χ4v) is 3.51. The van der Waals surface area contributed by atoms with Crippen LogP contribution >= 0.6 is 0 Å². The van der Waals surface area contributed by atoms with Gasteiger partial charge < -0.3 is 15.4 Å². The summed E-state index contributed by atoms with van der Waals surface area (Å²) in [5, 5.41) is 7.31. The second-order valence-electron chi connectivity index (χ2n) is 6.21. The van der Waals surface area contributed by atoms with E-state index in [1.807, 2.05) is 0 Å². The van der Waals surface area contributed by atoms with Crippen LogP contribution in [0.15, 0.2) is 0 Å². The Labute approximate surface area is 112 Å². The molecule has 1 aliphatic heterocycles. The van der Waals surface area contributed by atoms with Gasteiger partial charge in [0.25, 0.3) is 0 Å². The Morgan fingerprint density at radius 1 is 1.28 bits per heavy atom. The van der Waals surface area contributed by atoms with E-state index in [4.69, 9.17) is 4.74 Å². The van der Waals surface area contributed by atoms with Crippen molar-refractivity contribution in [2.45, 2.75) is 63.5 Å². The summed E-state index contributed by atoms with van der Waals surface area (Å²) in [5.41, 5.74) is 0.414. The Hall–Kier alpha value is -0.120. The summed E-state index contributed by atoms with van der Waals surface area (Å²) in [6.07, 6.45) is 9.41. The molecule has 0 aromatic carbocycles. The molecular weight excluding hydrogens is 224 g/mol. The van der Waals surface area contributed by atoms with Gasteiger partial charge in [-0.15, -0.1) is 0 Å². The van der Waals surface area contributed by atoms with Gasteiger partial charge in [0.05, 0.1) is 6.61 Å². The number of ether oxygens (including phenoxy) is 1. The van der Waals surface area contributed by atoms with Crippen molar-refractivity contribution in [3.63, 3.8) is 0 Å². The van der Waals surface area contributed by atoms with Gasteiger partial charge in [0.15, 0.2) is 0 Å². The van der Waals surface area contributed by atoms with Crippen LogP contribution in [0.5, 0.6) is 0 Å². The van der Waals surface area contributed by atoms with Crippen molar-refractivity contribution >= 4 is 0 Å². The van der Waals surface area contributed by atoms with E-state index < -0.39 is 0 Å². The summed E-state index contributed by atoms with van der Waals surface area (Å²) in [7, 11) is 2.14. The normalized spacial score (nSPS) is 29.3. The zero-order chi connectivity index (χ0) is 12.8. The van der Waals surface area contributed by atoms with Crippen molar-refractivity contribution in [3.05, 3.63) is 0 Å². The third-order valence-corrected chi connectivity index (χ3v) is 5.08. The highest BCUT2D eigenvalue weighted by molar-refractivity contribution is 4.90. The van der Waals surface area contributed by atoms with Gasteiger partial charge in [-0.05, 0) is 52.1 Å². The van der Waals surface area contributed by atoms with Gasteiger partial charge in [0, 0.05) is 18.2 Å². The highest BCUT2D eigenvalue weighted by Crippen LogP contribution is 2.30. The van der Waals surface area contributed by atoms with E-state index in [1.165, 1.54) is 44.9 Å². The van der Waals surface area contributed by atoms with Gasteiger partial charge in [-0.1, -0.05) is 19.3 Å². The lowest BCUT2D eigenvalue weighted by Crippen LogP contribution is -2.47. The minimum Gasteiger partial charge on any atom is -0.381 e. The molecule has 0 radical (unpaired) electrons. The first kappa shape index (κ1) is 14.3. The maximum absolute atomic E-state index is 5.46. The summed E-state index contributed by atoms with van der Waals surface area (Å²) in [5.74, 6) is 0.724. The molecule has 106 valence electrons. The lowest BCUT2D eigenvalue weighted by molar-refractivity contribution is 0.176. The van der Waals surface area contributed by atoms with Crippen LogP contribution in [0.4, 0.5) is 0 Å². The van der Waals surface area contributed by atoms with Gasteiger partial charge >= 0.3 is 0 Å². The molecule has 0 spiro atoms. The third kappa shape index (κ3) is 3.69. The fraction of sp³-hybridized carbons (Fsp3) is 1.00. The number of rotatable bonds is 6. The zero-order valence-corrected chi connectivity index (χ0v) is 12.1. The van der Waals surface area contributed by atoms with Gasteiger partial charge in [0.2, 0.25) is 0 Å². The van der Waals surface area contributed by atoms with E-state index in [1.54, 1.807) is 0 Å². The predicted octanol–water partition coefficient (Wildman–Crippen LogP) is 2.31. The van der Waals surface area contributed by atoms with Gasteiger partial charge in [0.1, 0.15) is 0 Å².